The summed E-state index contributed by atoms with van der Waals surface area (Å²) in [5, 5.41) is 11.1. The summed E-state index contributed by atoms with van der Waals surface area (Å²) in [6.45, 7) is 0.648. The molecule has 0 spiro atoms. The van der Waals surface area contributed by atoms with Crippen molar-refractivity contribution >= 4 is 34.1 Å². The lowest BCUT2D eigenvalue weighted by Gasteiger charge is -2.08. The molecule has 0 atom stereocenters. The second-order valence-electron chi connectivity index (χ2n) is 4.54. The van der Waals surface area contributed by atoms with Crippen LogP contribution in [0.1, 0.15) is 11.1 Å². The van der Waals surface area contributed by atoms with Crippen molar-refractivity contribution in [3.63, 3.8) is 0 Å². The van der Waals surface area contributed by atoms with Crippen LogP contribution in [0.2, 0.25) is 10.0 Å². The minimum absolute atomic E-state index is 0.562. The molecule has 4 heteroatoms. The van der Waals surface area contributed by atoms with Gasteiger partial charge in [-0.15, -0.1) is 0 Å². The normalized spacial score (nSPS) is 10.7. The number of hydrogen-bond donors (Lipinski definition) is 0. The predicted molar refractivity (Wildman–Crippen MR) is 82.2 cm³/mol. The highest BCUT2D eigenvalue weighted by Gasteiger charge is 2.07. The van der Waals surface area contributed by atoms with Crippen molar-refractivity contribution in [3.8, 4) is 6.07 Å². The van der Waals surface area contributed by atoms with Crippen molar-refractivity contribution in [1.29, 1.82) is 5.26 Å². The maximum Gasteiger partial charge on any atom is 0.0991 e. The van der Waals surface area contributed by atoms with Crippen LogP contribution in [0.25, 0.3) is 10.9 Å². The lowest BCUT2D eigenvalue weighted by molar-refractivity contribution is 0.837. The molecule has 3 aromatic rings. The first-order chi connectivity index (χ1) is 9.69. The van der Waals surface area contributed by atoms with Gasteiger partial charge in [0.1, 0.15) is 0 Å². The first-order valence-electron chi connectivity index (χ1n) is 6.11. The number of nitrogens with zero attached hydrogens (tertiary/aromatic N) is 2. The Kier molecular flexibility index (Phi) is 3.40. The Labute approximate surface area is 126 Å². The van der Waals surface area contributed by atoms with Crippen LogP contribution in [-0.4, -0.2) is 4.57 Å². The molecule has 0 aliphatic carbocycles. The van der Waals surface area contributed by atoms with Gasteiger partial charge in [0.15, 0.2) is 0 Å². The molecule has 0 N–H and O–H groups in total. The van der Waals surface area contributed by atoms with E-state index in [1.165, 1.54) is 0 Å². The van der Waals surface area contributed by atoms with E-state index in [1.807, 2.05) is 42.6 Å². The number of rotatable bonds is 2. The third-order valence-corrected chi connectivity index (χ3v) is 4.13. The summed E-state index contributed by atoms with van der Waals surface area (Å²) >= 11 is 12.3. The zero-order valence-corrected chi connectivity index (χ0v) is 12.0. The number of halogens is 2. The maximum atomic E-state index is 8.92. The average molecular weight is 301 g/mol. The fraction of sp³-hybridized carbons (Fsp3) is 0.0625. The first kappa shape index (κ1) is 13.1. The average Bonchev–Trinajstić information content (AvgIpc) is 2.86. The van der Waals surface area contributed by atoms with Gasteiger partial charge < -0.3 is 4.57 Å². The Morgan fingerprint density at radius 2 is 1.95 bits per heavy atom. The molecule has 98 valence electrons. The number of hydrogen-bond acceptors (Lipinski definition) is 1. The van der Waals surface area contributed by atoms with Gasteiger partial charge in [-0.1, -0.05) is 35.3 Å². The summed E-state index contributed by atoms with van der Waals surface area (Å²) in [6, 6.07) is 15.4. The standard InChI is InChI=1S/C16H10Cl2N2/c17-14-3-1-2-13(16(14)18)10-20-7-6-12-8-11(9-19)4-5-15(12)20/h1-8H,10H2. The number of aromatic nitrogens is 1. The highest BCUT2D eigenvalue weighted by atomic mass is 35.5. The first-order valence-corrected chi connectivity index (χ1v) is 6.86. The quantitative estimate of drug-likeness (QED) is 0.664. The van der Waals surface area contributed by atoms with Gasteiger partial charge in [0.25, 0.3) is 0 Å². The molecular formula is C16H10Cl2N2. The third kappa shape index (κ3) is 2.27. The summed E-state index contributed by atoms with van der Waals surface area (Å²) in [6.07, 6.45) is 1.99. The lowest BCUT2D eigenvalue weighted by Crippen LogP contribution is -1.98. The van der Waals surface area contributed by atoms with Crippen molar-refractivity contribution in [1.82, 2.24) is 4.57 Å². The molecule has 0 bridgehead atoms. The minimum atomic E-state index is 0.562. The van der Waals surface area contributed by atoms with E-state index in [0.29, 0.717) is 22.2 Å². The van der Waals surface area contributed by atoms with Crippen LogP contribution in [0.5, 0.6) is 0 Å². The van der Waals surface area contributed by atoms with Gasteiger partial charge in [0, 0.05) is 23.6 Å². The Morgan fingerprint density at radius 3 is 2.75 bits per heavy atom. The predicted octanol–water partition coefficient (Wildman–Crippen LogP) is 4.87. The van der Waals surface area contributed by atoms with E-state index in [4.69, 9.17) is 28.5 Å². The molecule has 0 aliphatic rings. The van der Waals surface area contributed by atoms with E-state index < -0.39 is 0 Å². The van der Waals surface area contributed by atoms with Gasteiger partial charge in [-0.05, 0) is 35.9 Å². The van der Waals surface area contributed by atoms with Gasteiger partial charge in [0.05, 0.1) is 21.7 Å². The van der Waals surface area contributed by atoms with E-state index in [-0.39, 0.29) is 0 Å². The zero-order valence-electron chi connectivity index (χ0n) is 10.5. The molecule has 0 radical (unpaired) electrons. The fourth-order valence-corrected chi connectivity index (χ4v) is 2.64. The smallest absolute Gasteiger partial charge is 0.0991 e. The van der Waals surface area contributed by atoms with Gasteiger partial charge >= 0.3 is 0 Å². The topological polar surface area (TPSA) is 28.7 Å². The summed E-state index contributed by atoms with van der Waals surface area (Å²) < 4.78 is 2.09. The summed E-state index contributed by atoms with van der Waals surface area (Å²) in [5.41, 5.74) is 2.71. The van der Waals surface area contributed by atoms with Crippen LogP contribution in [0.4, 0.5) is 0 Å². The van der Waals surface area contributed by atoms with E-state index in [1.54, 1.807) is 6.07 Å². The molecule has 20 heavy (non-hydrogen) atoms. The third-order valence-electron chi connectivity index (χ3n) is 3.27. The van der Waals surface area contributed by atoms with Gasteiger partial charge in [-0.3, -0.25) is 0 Å². The molecule has 0 fully saturated rings. The Hall–Kier alpha value is -1.95. The molecule has 3 rings (SSSR count). The highest BCUT2D eigenvalue weighted by Crippen LogP contribution is 2.27. The Balaban J connectivity index is 2.03. The SMILES string of the molecule is N#Cc1ccc2c(ccn2Cc2cccc(Cl)c2Cl)c1. The van der Waals surface area contributed by atoms with Crippen molar-refractivity contribution in [3.05, 3.63) is 69.8 Å². The lowest BCUT2D eigenvalue weighted by atomic mass is 10.2. The fourth-order valence-electron chi connectivity index (χ4n) is 2.26. The number of nitriles is 1. The molecule has 1 heterocycles. The van der Waals surface area contributed by atoms with Gasteiger partial charge in [-0.25, -0.2) is 0 Å². The van der Waals surface area contributed by atoms with E-state index in [9.17, 15) is 0 Å². The molecule has 1 aromatic heterocycles. The van der Waals surface area contributed by atoms with E-state index >= 15 is 0 Å². The largest absolute Gasteiger partial charge is 0.343 e. The van der Waals surface area contributed by atoms with Crippen molar-refractivity contribution in [2.24, 2.45) is 0 Å². The Morgan fingerprint density at radius 1 is 1.10 bits per heavy atom. The Bertz CT molecular complexity index is 828. The molecule has 2 aromatic carbocycles. The summed E-state index contributed by atoms with van der Waals surface area (Å²) in [5.74, 6) is 0. The molecule has 0 aliphatic heterocycles. The van der Waals surface area contributed by atoms with Crippen molar-refractivity contribution in [2.45, 2.75) is 6.54 Å². The monoisotopic (exact) mass is 300 g/mol. The van der Waals surface area contributed by atoms with E-state index in [0.717, 1.165) is 16.5 Å². The second kappa shape index (κ2) is 5.20. The minimum Gasteiger partial charge on any atom is -0.343 e. The van der Waals surface area contributed by atoms with Crippen molar-refractivity contribution < 1.29 is 0 Å². The van der Waals surface area contributed by atoms with E-state index in [2.05, 4.69) is 10.6 Å². The molecular weight excluding hydrogens is 291 g/mol. The molecule has 0 saturated carbocycles. The van der Waals surface area contributed by atoms with Crippen LogP contribution in [0, 0.1) is 11.3 Å². The van der Waals surface area contributed by atoms with Gasteiger partial charge in [-0.2, -0.15) is 5.26 Å². The molecule has 0 saturated heterocycles. The molecule has 0 unspecified atom stereocenters. The maximum absolute atomic E-state index is 8.92. The van der Waals surface area contributed by atoms with Gasteiger partial charge in [0.2, 0.25) is 0 Å². The number of benzene rings is 2. The molecule has 0 amide bonds. The summed E-state index contributed by atoms with van der Waals surface area (Å²) in [7, 11) is 0. The van der Waals surface area contributed by atoms with Crippen LogP contribution in [0.15, 0.2) is 48.7 Å². The zero-order chi connectivity index (χ0) is 14.1. The van der Waals surface area contributed by atoms with Crippen LogP contribution < -0.4 is 0 Å². The van der Waals surface area contributed by atoms with Crippen molar-refractivity contribution in [2.75, 3.05) is 0 Å². The van der Waals surface area contributed by atoms with Crippen LogP contribution in [0.3, 0.4) is 0 Å². The van der Waals surface area contributed by atoms with Crippen LogP contribution >= 0.6 is 23.2 Å². The summed E-state index contributed by atoms with van der Waals surface area (Å²) in [4.78, 5) is 0. The second-order valence-corrected chi connectivity index (χ2v) is 5.33. The number of fused-ring (bicyclic) bond motifs is 1. The van der Waals surface area contributed by atoms with Crippen LogP contribution in [-0.2, 0) is 6.54 Å². The molecule has 2 nitrogen and oxygen atoms in total. The highest BCUT2D eigenvalue weighted by molar-refractivity contribution is 6.42.